The first-order chi connectivity index (χ1) is 13.5. The number of nitrogens with zero attached hydrogens (tertiary/aromatic N) is 2. The van der Waals surface area contributed by atoms with Crippen molar-refractivity contribution in [2.24, 2.45) is 7.05 Å². The number of thiazole rings is 1. The molecule has 0 N–H and O–H groups in total. The molecule has 3 aromatic rings. The van der Waals surface area contributed by atoms with Crippen LogP contribution in [0.5, 0.6) is 11.5 Å². The number of rotatable bonds is 4. The number of benzene rings is 2. The Balaban J connectivity index is 1.91. The third kappa shape index (κ3) is 2.88. The Bertz CT molecular complexity index is 1100. The van der Waals surface area contributed by atoms with Crippen molar-refractivity contribution in [1.29, 1.82) is 0 Å². The summed E-state index contributed by atoms with van der Waals surface area (Å²) in [6, 6.07) is 14.9. The minimum Gasteiger partial charge on any atom is -0.497 e. The largest absolute Gasteiger partial charge is 0.497 e. The van der Waals surface area contributed by atoms with Gasteiger partial charge in [-0.15, -0.1) is 0 Å². The number of hydrogen-bond donors (Lipinski definition) is 0. The molecular weight excluding hydrogens is 376 g/mol. The lowest BCUT2D eigenvalue weighted by atomic mass is 9.89. The van der Waals surface area contributed by atoms with Crippen LogP contribution in [0.2, 0.25) is 0 Å². The van der Waals surface area contributed by atoms with E-state index in [1.165, 1.54) is 11.3 Å². The molecule has 1 aliphatic rings. The third-order valence-corrected chi connectivity index (χ3v) is 6.13. The maximum absolute atomic E-state index is 13.2. The summed E-state index contributed by atoms with van der Waals surface area (Å²) in [5, 5.41) is 0. The highest BCUT2D eigenvalue weighted by Gasteiger charge is 2.38. The maximum atomic E-state index is 13.2. The van der Waals surface area contributed by atoms with Crippen molar-refractivity contribution < 1.29 is 14.3 Å². The molecule has 7 heteroatoms. The highest BCUT2D eigenvalue weighted by Crippen LogP contribution is 2.46. The summed E-state index contributed by atoms with van der Waals surface area (Å²) in [7, 11) is 4.89. The van der Waals surface area contributed by atoms with Crippen LogP contribution in [-0.2, 0) is 11.8 Å². The maximum Gasteiger partial charge on any atom is 0.308 e. The zero-order valence-corrected chi connectivity index (χ0v) is 16.7. The van der Waals surface area contributed by atoms with Crippen LogP contribution in [0.25, 0.3) is 0 Å². The Kier molecular flexibility index (Phi) is 4.68. The lowest BCUT2D eigenvalue weighted by Gasteiger charge is -2.32. The summed E-state index contributed by atoms with van der Waals surface area (Å²) in [4.78, 5) is 28.1. The molecule has 0 saturated heterocycles. The van der Waals surface area contributed by atoms with Crippen LogP contribution in [0, 0.1) is 0 Å². The van der Waals surface area contributed by atoms with Crippen LogP contribution >= 0.6 is 11.3 Å². The van der Waals surface area contributed by atoms with Gasteiger partial charge in [0.1, 0.15) is 17.3 Å². The third-order valence-electron chi connectivity index (χ3n) is 4.99. The number of methoxy groups -OCH3 is 2. The number of para-hydroxylation sites is 1. The molecule has 0 bridgehead atoms. The average Bonchev–Trinajstić information content (AvgIpc) is 3.02. The Hall–Kier alpha value is -3.06. The average molecular weight is 396 g/mol. The van der Waals surface area contributed by atoms with Crippen LogP contribution < -0.4 is 19.2 Å². The number of anilines is 2. The summed E-state index contributed by atoms with van der Waals surface area (Å²) in [5.41, 5.74) is 1.59. The van der Waals surface area contributed by atoms with Gasteiger partial charge < -0.3 is 9.47 Å². The van der Waals surface area contributed by atoms with E-state index in [0.29, 0.717) is 23.0 Å². The number of aromatic nitrogens is 1. The predicted octanol–water partition coefficient (Wildman–Crippen LogP) is 3.66. The lowest BCUT2D eigenvalue weighted by molar-refractivity contribution is -0.118. The molecule has 0 fully saturated rings. The van der Waals surface area contributed by atoms with Gasteiger partial charge in [-0.1, -0.05) is 35.6 Å². The minimum atomic E-state index is -0.223. The van der Waals surface area contributed by atoms with Crippen molar-refractivity contribution in [3.05, 3.63) is 68.6 Å². The SMILES string of the molecule is COc1cccc(N2C(=O)C[C@H](c3ccccc3OC)c3sc(=O)n(C)c32)c1. The zero-order valence-electron chi connectivity index (χ0n) is 15.8. The summed E-state index contributed by atoms with van der Waals surface area (Å²) in [6.07, 6.45) is 0.255. The normalized spacial score (nSPS) is 16.0. The topological polar surface area (TPSA) is 60.8 Å². The van der Waals surface area contributed by atoms with E-state index in [1.54, 1.807) is 36.8 Å². The molecule has 2 heterocycles. The highest BCUT2D eigenvalue weighted by molar-refractivity contribution is 7.10. The summed E-state index contributed by atoms with van der Waals surface area (Å²) >= 11 is 1.18. The van der Waals surface area contributed by atoms with Gasteiger partial charge >= 0.3 is 4.87 Å². The molecule has 1 atom stereocenters. The lowest BCUT2D eigenvalue weighted by Crippen LogP contribution is -2.34. The molecule has 2 aromatic carbocycles. The molecule has 6 nitrogen and oxygen atoms in total. The first-order valence-corrected chi connectivity index (χ1v) is 9.66. The fraction of sp³-hybridized carbons (Fsp3) is 0.238. The fourth-order valence-corrected chi connectivity index (χ4v) is 4.73. The molecule has 144 valence electrons. The van der Waals surface area contributed by atoms with Crippen molar-refractivity contribution in [2.75, 3.05) is 19.1 Å². The number of carbonyl (C=O) groups is 1. The number of ether oxygens (including phenoxy) is 2. The van der Waals surface area contributed by atoms with E-state index >= 15 is 0 Å². The molecule has 28 heavy (non-hydrogen) atoms. The van der Waals surface area contributed by atoms with Crippen LogP contribution in [0.3, 0.4) is 0 Å². The minimum absolute atomic E-state index is 0.0786. The molecule has 1 amide bonds. The van der Waals surface area contributed by atoms with E-state index in [-0.39, 0.29) is 23.1 Å². The molecule has 1 aliphatic heterocycles. The zero-order chi connectivity index (χ0) is 19.8. The van der Waals surface area contributed by atoms with E-state index in [4.69, 9.17) is 9.47 Å². The van der Waals surface area contributed by atoms with E-state index < -0.39 is 0 Å². The van der Waals surface area contributed by atoms with Gasteiger partial charge in [-0.3, -0.25) is 19.1 Å². The number of carbonyl (C=O) groups excluding carboxylic acids is 1. The van der Waals surface area contributed by atoms with Gasteiger partial charge in [0.05, 0.1) is 24.8 Å². The Morgan fingerprint density at radius 1 is 1.04 bits per heavy atom. The number of fused-ring (bicyclic) bond motifs is 1. The van der Waals surface area contributed by atoms with E-state index in [9.17, 15) is 9.59 Å². The summed E-state index contributed by atoms with van der Waals surface area (Å²) in [6.45, 7) is 0. The van der Waals surface area contributed by atoms with Gasteiger partial charge in [0.25, 0.3) is 0 Å². The number of hydrogen-bond acceptors (Lipinski definition) is 5. The fourth-order valence-electron chi connectivity index (χ4n) is 3.65. The van der Waals surface area contributed by atoms with Crippen molar-refractivity contribution >= 4 is 28.7 Å². The quantitative estimate of drug-likeness (QED) is 0.675. The molecule has 0 saturated carbocycles. The van der Waals surface area contributed by atoms with Gasteiger partial charge in [-0.05, 0) is 18.2 Å². The van der Waals surface area contributed by atoms with E-state index in [1.807, 2.05) is 42.5 Å². The first kappa shape index (κ1) is 18.3. The molecule has 0 spiro atoms. The second-order valence-electron chi connectivity index (χ2n) is 6.54. The molecule has 0 radical (unpaired) electrons. The van der Waals surface area contributed by atoms with Crippen molar-refractivity contribution in [3.63, 3.8) is 0 Å². The van der Waals surface area contributed by atoms with Gasteiger partial charge in [-0.25, -0.2) is 0 Å². The van der Waals surface area contributed by atoms with Crippen LogP contribution in [0.15, 0.2) is 53.3 Å². The van der Waals surface area contributed by atoms with Gasteiger partial charge in [0.2, 0.25) is 5.91 Å². The Morgan fingerprint density at radius 2 is 1.82 bits per heavy atom. The molecule has 4 rings (SSSR count). The van der Waals surface area contributed by atoms with Crippen molar-refractivity contribution in [1.82, 2.24) is 4.57 Å². The van der Waals surface area contributed by atoms with Crippen LogP contribution in [0.1, 0.15) is 22.8 Å². The molecule has 1 aromatic heterocycles. The van der Waals surface area contributed by atoms with Gasteiger partial charge in [0.15, 0.2) is 0 Å². The standard InChI is InChI=1S/C21H20N2O4S/c1-22-20-19(28-21(22)25)16(15-9-4-5-10-17(15)27-3)12-18(24)23(20)13-7-6-8-14(11-13)26-2/h4-11,16H,12H2,1-3H3/t16-/m1/s1. The Labute approximate surface area is 166 Å². The van der Waals surface area contributed by atoms with Gasteiger partial charge in [-0.2, -0.15) is 0 Å². The van der Waals surface area contributed by atoms with Gasteiger partial charge in [0, 0.05) is 31.0 Å². The van der Waals surface area contributed by atoms with Crippen LogP contribution in [-0.4, -0.2) is 24.7 Å². The van der Waals surface area contributed by atoms with Crippen molar-refractivity contribution in [2.45, 2.75) is 12.3 Å². The predicted molar refractivity (Wildman–Crippen MR) is 109 cm³/mol. The summed E-state index contributed by atoms with van der Waals surface area (Å²) in [5.74, 6) is 1.67. The molecular formula is C21H20N2O4S. The highest BCUT2D eigenvalue weighted by atomic mass is 32.1. The summed E-state index contributed by atoms with van der Waals surface area (Å²) < 4.78 is 12.4. The molecule has 0 unspecified atom stereocenters. The van der Waals surface area contributed by atoms with Crippen LogP contribution in [0.4, 0.5) is 11.5 Å². The van der Waals surface area contributed by atoms with E-state index in [2.05, 4.69) is 0 Å². The Morgan fingerprint density at radius 3 is 2.57 bits per heavy atom. The number of amides is 1. The second kappa shape index (κ2) is 7.16. The first-order valence-electron chi connectivity index (χ1n) is 8.84. The second-order valence-corrected chi connectivity index (χ2v) is 7.54. The molecule has 0 aliphatic carbocycles. The smallest absolute Gasteiger partial charge is 0.308 e. The van der Waals surface area contributed by atoms with Crippen molar-refractivity contribution in [3.8, 4) is 11.5 Å². The van der Waals surface area contributed by atoms with E-state index in [0.717, 1.165) is 10.4 Å². The monoisotopic (exact) mass is 396 g/mol.